The molecule has 1 atom stereocenters. The first kappa shape index (κ1) is 20.8. The normalized spacial score (nSPS) is 17.0. The first-order valence-electron chi connectivity index (χ1n) is 9.77. The smallest absolute Gasteiger partial charge is 0.416 e. The molecular weight excluding hydrogens is 411 g/mol. The summed E-state index contributed by atoms with van der Waals surface area (Å²) in [6, 6.07) is 12.4. The van der Waals surface area contributed by atoms with Gasteiger partial charge in [0, 0.05) is 30.0 Å². The molecule has 0 radical (unpaired) electrons. The highest BCUT2D eigenvalue weighted by Gasteiger charge is 2.33. The maximum Gasteiger partial charge on any atom is 0.416 e. The van der Waals surface area contributed by atoms with E-state index < -0.39 is 29.2 Å². The topological polar surface area (TPSA) is 67.6 Å². The highest BCUT2D eigenvalue weighted by molar-refractivity contribution is 6.00. The number of carbonyl (C=O) groups is 2. The monoisotopic (exact) mass is 429 g/mol. The van der Waals surface area contributed by atoms with Crippen LogP contribution in [0.5, 0.6) is 0 Å². The summed E-state index contributed by atoms with van der Waals surface area (Å²) >= 11 is 0. The van der Waals surface area contributed by atoms with Gasteiger partial charge < -0.3 is 9.32 Å². The molecule has 0 N–H and O–H groups in total. The van der Waals surface area contributed by atoms with E-state index in [4.69, 9.17) is 4.42 Å². The van der Waals surface area contributed by atoms with Crippen molar-refractivity contribution in [2.75, 3.05) is 13.1 Å². The third-order valence-electron chi connectivity index (χ3n) is 5.45. The first-order valence-corrected chi connectivity index (χ1v) is 9.77. The highest BCUT2D eigenvalue weighted by atomic mass is 19.4. The number of Topliss-reactive ketones (excluding diaryl/α,β-unsaturated/α-hetero) is 1. The molecule has 1 fully saturated rings. The first-order chi connectivity index (χ1) is 14.7. The number of nitrogens with zero attached hydrogens (tertiary/aromatic N) is 1. The lowest BCUT2D eigenvalue weighted by atomic mass is 9.89. The van der Waals surface area contributed by atoms with Crippen LogP contribution in [0.25, 0.3) is 11.0 Å². The predicted octanol–water partition coefficient (Wildman–Crippen LogP) is 4.55. The fraction of sp³-hybridized carbons (Fsp3) is 0.261. The van der Waals surface area contributed by atoms with Crippen LogP contribution in [0.1, 0.15) is 39.1 Å². The number of carbonyl (C=O) groups excluding carboxylic acids is 2. The van der Waals surface area contributed by atoms with Crippen molar-refractivity contribution < 1.29 is 27.2 Å². The molecule has 1 aromatic heterocycles. The number of amides is 1. The Kier molecular flexibility index (Phi) is 5.39. The van der Waals surface area contributed by atoms with E-state index in [1.54, 1.807) is 24.3 Å². The summed E-state index contributed by atoms with van der Waals surface area (Å²) in [7, 11) is 0. The summed E-state index contributed by atoms with van der Waals surface area (Å²) in [5.74, 6) is -1.40. The predicted molar refractivity (Wildman–Crippen MR) is 107 cm³/mol. The number of benzene rings is 2. The van der Waals surface area contributed by atoms with Crippen LogP contribution in [-0.4, -0.2) is 29.7 Å². The second-order valence-corrected chi connectivity index (χ2v) is 7.52. The zero-order valence-corrected chi connectivity index (χ0v) is 16.3. The summed E-state index contributed by atoms with van der Waals surface area (Å²) in [5.41, 5.74) is -1.15. The second kappa shape index (κ2) is 8.02. The van der Waals surface area contributed by atoms with Crippen molar-refractivity contribution >= 4 is 22.7 Å². The van der Waals surface area contributed by atoms with Gasteiger partial charge >= 0.3 is 11.8 Å². The molecule has 2 heterocycles. The number of hydrogen-bond donors (Lipinski definition) is 0. The Morgan fingerprint density at radius 1 is 1.03 bits per heavy atom. The van der Waals surface area contributed by atoms with Gasteiger partial charge in [-0.3, -0.25) is 9.59 Å². The molecule has 8 heteroatoms. The van der Waals surface area contributed by atoms with Crippen molar-refractivity contribution in [2.45, 2.75) is 19.0 Å². The van der Waals surface area contributed by atoms with E-state index in [9.17, 15) is 27.6 Å². The summed E-state index contributed by atoms with van der Waals surface area (Å²) in [5, 5.41) is 0.611. The molecule has 0 spiro atoms. The molecule has 0 saturated carbocycles. The van der Waals surface area contributed by atoms with Gasteiger partial charge in [-0.25, -0.2) is 4.79 Å². The lowest BCUT2D eigenvalue weighted by molar-refractivity contribution is -0.137. The lowest BCUT2D eigenvalue weighted by Crippen LogP contribution is -2.43. The molecule has 3 aromatic rings. The van der Waals surface area contributed by atoms with Crippen molar-refractivity contribution in [3.05, 3.63) is 81.7 Å². The van der Waals surface area contributed by atoms with Gasteiger partial charge in [0.1, 0.15) is 11.1 Å². The minimum atomic E-state index is -4.48. The second-order valence-electron chi connectivity index (χ2n) is 7.52. The fourth-order valence-electron chi connectivity index (χ4n) is 3.82. The van der Waals surface area contributed by atoms with Crippen LogP contribution in [0.3, 0.4) is 0 Å². The molecule has 1 saturated heterocycles. The SMILES string of the molecule is O=C(c1ccc(C(F)(F)F)cc1)[C@@H]1CCCN(C(=O)c2cc3ccccc3oc2=O)C1. The minimum absolute atomic E-state index is 0.0882. The lowest BCUT2D eigenvalue weighted by Gasteiger charge is -2.32. The quantitative estimate of drug-likeness (QED) is 0.453. The minimum Gasteiger partial charge on any atom is -0.422 e. The van der Waals surface area contributed by atoms with Crippen LogP contribution in [-0.2, 0) is 6.18 Å². The Hall–Kier alpha value is -3.42. The van der Waals surface area contributed by atoms with Crippen molar-refractivity contribution in [3.63, 3.8) is 0 Å². The maximum atomic E-state index is 13.0. The van der Waals surface area contributed by atoms with Crippen LogP contribution in [0.2, 0.25) is 0 Å². The zero-order chi connectivity index (χ0) is 22.2. The molecule has 1 amide bonds. The largest absolute Gasteiger partial charge is 0.422 e. The van der Waals surface area contributed by atoms with Gasteiger partial charge in [-0.15, -0.1) is 0 Å². The number of alkyl halides is 3. The van der Waals surface area contributed by atoms with Gasteiger partial charge in [-0.1, -0.05) is 30.3 Å². The Balaban J connectivity index is 1.53. The number of halogens is 3. The van der Waals surface area contributed by atoms with E-state index >= 15 is 0 Å². The molecule has 0 aliphatic carbocycles. The van der Waals surface area contributed by atoms with E-state index in [0.29, 0.717) is 30.4 Å². The molecule has 0 bridgehead atoms. The van der Waals surface area contributed by atoms with Crippen LogP contribution < -0.4 is 5.63 Å². The van der Waals surface area contributed by atoms with Gasteiger partial charge in [0.05, 0.1) is 5.56 Å². The number of ketones is 1. The number of fused-ring (bicyclic) bond motifs is 1. The van der Waals surface area contributed by atoms with Crippen molar-refractivity contribution in [2.24, 2.45) is 5.92 Å². The number of para-hydroxylation sites is 1. The third kappa shape index (κ3) is 4.23. The van der Waals surface area contributed by atoms with Gasteiger partial charge in [-0.2, -0.15) is 13.2 Å². The van der Waals surface area contributed by atoms with Crippen LogP contribution in [0.15, 0.2) is 63.8 Å². The Bertz CT molecular complexity index is 1200. The van der Waals surface area contributed by atoms with E-state index in [-0.39, 0.29) is 23.5 Å². The highest BCUT2D eigenvalue weighted by Crippen LogP contribution is 2.30. The Morgan fingerprint density at radius 3 is 2.45 bits per heavy atom. The van der Waals surface area contributed by atoms with E-state index in [0.717, 1.165) is 24.3 Å². The molecule has 1 aliphatic heterocycles. The standard InChI is InChI=1S/C23H18F3NO4/c24-23(25,26)17-9-7-14(8-10-17)20(28)16-5-3-11-27(13-16)21(29)18-12-15-4-1-2-6-19(15)31-22(18)30/h1-2,4,6-10,12,16H,3,5,11,13H2/t16-/m1/s1. The molecule has 5 nitrogen and oxygen atoms in total. The third-order valence-corrected chi connectivity index (χ3v) is 5.45. The van der Waals surface area contributed by atoms with Crippen LogP contribution in [0.4, 0.5) is 13.2 Å². The molecule has 4 rings (SSSR count). The van der Waals surface area contributed by atoms with Gasteiger partial charge in [-0.05, 0) is 37.1 Å². The maximum absolute atomic E-state index is 13.0. The van der Waals surface area contributed by atoms with Gasteiger partial charge in [0.2, 0.25) is 0 Å². The van der Waals surface area contributed by atoms with Gasteiger partial charge in [0.15, 0.2) is 5.78 Å². The fourth-order valence-corrected chi connectivity index (χ4v) is 3.82. The summed E-state index contributed by atoms with van der Waals surface area (Å²) in [6.45, 7) is 0.465. The number of piperidine rings is 1. The molecule has 31 heavy (non-hydrogen) atoms. The molecule has 160 valence electrons. The average Bonchev–Trinajstić information content (AvgIpc) is 2.77. The van der Waals surface area contributed by atoms with Crippen molar-refractivity contribution in [1.82, 2.24) is 4.90 Å². The average molecular weight is 429 g/mol. The Labute approximate surface area is 175 Å². The Morgan fingerprint density at radius 2 is 1.74 bits per heavy atom. The molecule has 1 aliphatic rings. The molecule has 0 unspecified atom stereocenters. The zero-order valence-electron chi connectivity index (χ0n) is 16.3. The van der Waals surface area contributed by atoms with E-state index in [2.05, 4.69) is 0 Å². The van der Waals surface area contributed by atoms with Crippen LogP contribution >= 0.6 is 0 Å². The van der Waals surface area contributed by atoms with Crippen LogP contribution in [0, 0.1) is 5.92 Å². The number of rotatable bonds is 3. The molecule has 2 aromatic carbocycles. The molecular formula is C23H18F3NO4. The van der Waals surface area contributed by atoms with E-state index in [1.165, 1.54) is 11.0 Å². The van der Waals surface area contributed by atoms with E-state index in [1.807, 2.05) is 0 Å². The summed E-state index contributed by atoms with van der Waals surface area (Å²) in [4.78, 5) is 39.5. The summed E-state index contributed by atoms with van der Waals surface area (Å²) in [6.07, 6.45) is -3.42. The van der Waals surface area contributed by atoms with Crippen molar-refractivity contribution in [1.29, 1.82) is 0 Å². The number of likely N-dealkylation sites (tertiary alicyclic amines) is 1. The number of hydrogen-bond acceptors (Lipinski definition) is 4. The summed E-state index contributed by atoms with van der Waals surface area (Å²) < 4.78 is 43.5. The van der Waals surface area contributed by atoms with Gasteiger partial charge in [0.25, 0.3) is 5.91 Å². The van der Waals surface area contributed by atoms with Crippen molar-refractivity contribution in [3.8, 4) is 0 Å².